The number of hydrogen-bond donors (Lipinski definition) is 5. The van der Waals surface area contributed by atoms with Crippen molar-refractivity contribution < 1.29 is 34.6 Å². The molecule has 12 heteroatoms. The fraction of sp³-hybridized carbons (Fsp3) is 0.314. The van der Waals surface area contributed by atoms with Gasteiger partial charge < -0.3 is 40.0 Å². The molecule has 4 rings (SSSR count). The maximum atomic E-state index is 9.74. The summed E-state index contributed by atoms with van der Waals surface area (Å²) in [5, 5.41) is 51.4. The van der Waals surface area contributed by atoms with Crippen molar-refractivity contribution in [2.24, 2.45) is 0 Å². The lowest BCUT2D eigenvalue weighted by molar-refractivity contribution is 0.0536. The molecule has 1 aromatic heterocycles. The number of nitrogens with one attached hydrogen (secondary N) is 1. The highest BCUT2D eigenvalue weighted by Gasteiger charge is 2.23. The first-order valence-electron chi connectivity index (χ1n) is 14.8. The van der Waals surface area contributed by atoms with Gasteiger partial charge in [0.15, 0.2) is 0 Å². The van der Waals surface area contributed by atoms with Crippen molar-refractivity contribution in [1.29, 1.82) is 5.26 Å². The van der Waals surface area contributed by atoms with E-state index in [0.29, 0.717) is 44.0 Å². The van der Waals surface area contributed by atoms with Crippen molar-refractivity contribution >= 4 is 23.2 Å². The van der Waals surface area contributed by atoms with Crippen molar-refractivity contribution in [3.8, 4) is 34.4 Å². The van der Waals surface area contributed by atoms with Crippen molar-refractivity contribution in [3.63, 3.8) is 0 Å². The average Bonchev–Trinajstić information content (AvgIpc) is 3.09. The Labute approximate surface area is 283 Å². The zero-order chi connectivity index (χ0) is 34.0. The van der Waals surface area contributed by atoms with Gasteiger partial charge in [0, 0.05) is 41.7 Å². The van der Waals surface area contributed by atoms with Gasteiger partial charge in [-0.3, -0.25) is 4.98 Å². The number of halogens is 2. The Morgan fingerprint density at radius 3 is 2.34 bits per heavy atom. The van der Waals surface area contributed by atoms with E-state index in [1.54, 1.807) is 43.5 Å². The second-order valence-electron chi connectivity index (χ2n) is 11.2. The summed E-state index contributed by atoms with van der Waals surface area (Å²) < 4.78 is 18.0. The third kappa shape index (κ3) is 9.34. The summed E-state index contributed by atoms with van der Waals surface area (Å²) in [6, 6.07) is 18.3. The number of aromatic nitrogens is 1. The molecular weight excluding hydrogens is 645 g/mol. The number of ether oxygens (including phenoxy) is 3. The summed E-state index contributed by atoms with van der Waals surface area (Å²) in [6.07, 6.45) is 2.06. The Hall–Kier alpha value is -3.92. The molecule has 5 N–H and O–H groups in total. The van der Waals surface area contributed by atoms with Crippen LogP contribution in [-0.2, 0) is 19.8 Å². The summed E-state index contributed by atoms with van der Waals surface area (Å²) in [7, 11) is 0. The van der Waals surface area contributed by atoms with Crippen molar-refractivity contribution in [1.82, 2.24) is 10.3 Å². The van der Waals surface area contributed by atoms with Gasteiger partial charge in [-0.2, -0.15) is 5.26 Å². The van der Waals surface area contributed by atoms with Crippen molar-refractivity contribution in [3.05, 3.63) is 105 Å². The van der Waals surface area contributed by atoms with Crippen LogP contribution in [0.1, 0.15) is 34.7 Å². The van der Waals surface area contributed by atoms with E-state index in [9.17, 15) is 20.6 Å². The van der Waals surface area contributed by atoms with Crippen LogP contribution in [0, 0.1) is 18.3 Å². The lowest BCUT2D eigenvalue weighted by atomic mass is 9.96. The summed E-state index contributed by atoms with van der Waals surface area (Å²) in [5.41, 5.74) is 4.25. The quantitative estimate of drug-likeness (QED) is 0.110. The highest BCUT2D eigenvalue weighted by atomic mass is 35.5. The Bertz CT molecular complexity index is 1710. The molecule has 0 aliphatic heterocycles. The minimum atomic E-state index is -1.02. The van der Waals surface area contributed by atoms with Gasteiger partial charge >= 0.3 is 0 Å². The van der Waals surface area contributed by atoms with Gasteiger partial charge in [0.05, 0.1) is 41.0 Å². The van der Waals surface area contributed by atoms with E-state index in [1.807, 2.05) is 31.2 Å². The third-order valence-electron chi connectivity index (χ3n) is 7.56. The van der Waals surface area contributed by atoms with Crippen LogP contribution in [0.3, 0.4) is 0 Å². The first kappa shape index (κ1) is 35.9. The monoisotopic (exact) mass is 681 g/mol. The summed E-state index contributed by atoms with van der Waals surface area (Å²) in [4.78, 5) is 4.09. The largest absolute Gasteiger partial charge is 0.489 e. The van der Waals surface area contributed by atoms with E-state index in [0.717, 1.165) is 22.3 Å². The molecule has 0 amide bonds. The number of aliphatic hydroxyl groups is 4. The van der Waals surface area contributed by atoms with E-state index in [1.165, 1.54) is 6.20 Å². The molecule has 47 heavy (non-hydrogen) atoms. The normalized spacial score (nSPS) is 12.0. The number of pyridine rings is 1. The summed E-state index contributed by atoms with van der Waals surface area (Å²) in [6.45, 7) is 3.10. The molecule has 1 unspecified atom stereocenters. The maximum absolute atomic E-state index is 9.74. The minimum Gasteiger partial charge on any atom is -0.489 e. The lowest BCUT2D eigenvalue weighted by Crippen LogP contribution is -2.48. The summed E-state index contributed by atoms with van der Waals surface area (Å²) >= 11 is 13.4. The van der Waals surface area contributed by atoms with E-state index in [4.69, 9.17) is 42.5 Å². The molecule has 1 heterocycles. The third-order valence-corrected chi connectivity index (χ3v) is 8.25. The zero-order valence-electron chi connectivity index (χ0n) is 26.0. The van der Waals surface area contributed by atoms with Crippen LogP contribution < -0.4 is 19.5 Å². The van der Waals surface area contributed by atoms with Crippen molar-refractivity contribution in [2.75, 3.05) is 26.4 Å². The number of nitriles is 1. The first-order chi connectivity index (χ1) is 22.6. The molecule has 3 aromatic carbocycles. The molecule has 248 valence electrons. The Morgan fingerprint density at radius 1 is 0.894 bits per heavy atom. The molecule has 0 radical (unpaired) electrons. The van der Waals surface area contributed by atoms with Crippen LogP contribution in [0.25, 0.3) is 11.1 Å². The molecule has 0 fully saturated rings. The first-order valence-corrected chi connectivity index (χ1v) is 15.5. The number of hydrogen-bond acceptors (Lipinski definition) is 10. The number of rotatable bonds is 16. The van der Waals surface area contributed by atoms with Crippen LogP contribution in [0.4, 0.5) is 0 Å². The fourth-order valence-electron chi connectivity index (χ4n) is 4.57. The van der Waals surface area contributed by atoms with E-state index < -0.39 is 18.2 Å². The topological polar surface area (TPSA) is 157 Å². The van der Waals surface area contributed by atoms with Gasteiger partial charge in [-0.05, 0) is 48.7 Å². The highest BCUT2D eigenvalue weighted by molar-refractivity contribution is 6.35. The lowest BCUT2D eigenvalue weighted by Gasteiger charge is -2.27. The van der Waals surface area contributed by atoms with Gasteiger partial charge in [0.2, 0.25) is 0 Å². The molecule has 1 atom stereocenters. The SMILES string of the molecule is Cc1c(COc2cc(OCc3cncc(C#N)c3)c(CNC(C)(CO)CO)cc2Cl)cccc1-c1cccc(OCC(O)CO)c1Cl. The van der Waals surface area contributed by atoms with Crippen LogP contribution in [0.15, 0.2) is 67.0 Å². The van der Waals surface area contributed by atoms with Gasteiger partial charge in [0.1, 0.15) is 49.2 Å². The van der Waals surface area contributed by atoms with Crippen molar-refractivity contribution in [2.45, 2.75) is 45.2 Å². The predicted molar refractivity (Wildman–Crippen MR) is 179 cm³/mol. The number of aliphatic hydroxyl groups excluding tert-OH is 4. The minimum absolute atomic E-state index is 0.0980. The standard InChI is InChI=1S/C35H37Cl2N3O7/c1-22-25(5-3-6-28(22)29-7-4-8-31(34(29)37)47-19-27(44)16-41)18-46-33-11-32(45-17-24-9-23(12-38)13-39-14-24)26(10-30(33)36)15-40-35(2,20-42)21-43/h3-11,13-14,27,40-44H,15-21H2,1-2H3. The Kier molecular flexibility index (Phi) is 12.8. The van der Waals surface area contributed by atoms with E-state index in [-0.39, 0.29) is 39.6 Å². The Balaban J connectivity index is 1.58. The number of nitrogens with zero attached hydrogens (tertiary/aromatic N) is 2. The van der Waals surface area contributed by atoms with Crippen LogP contribution in [-0.4, -0.2) is 63.5 Å². The fourth-order valence-corrected chi connectivity index (χ4v) is 5.10. The molecule has 4 aromatic rings. The molecule has 0 bridgehead atoms. The van der Waals surface area contributed by atoms with Gasteiger partial charge in [0.25, 0.3) is 0 Å². The van der Waals surface area contributed by atoms with Crippen LogP contribution >= 0.6 is 23.2 Å². The second kappa shape index (κ2) is 16.8. The number of benzene rings is 3. The molecule has 10 nitrogen and oxygen atoms in total. The molecule has 0 aliphatic rings. The van der Waals surface area contributed by atoms with Gasteiger partial charge in [-0.1, -0.05) is 53.5 Å². The van der Waals surface area contributed by atoms with Gasteiger partial charge in [-0.25, -0.2) is 0 Å². The Morgan fingerprint density at radius 2 is 1.62 bits per heavy atom. The van der Waals surface area contributed by atoms with Crippen LogP contribution in [0.5, 0.6) is 17.2 Å². The smallest absolute Gasteiger partial charge is 0.142 e. The highest BCUT2D eigenvalue weighted by Crippen LogP contribution is 2.38. The molecule has 0 spiro atoms. The predicted octanol–water partition coefficient (Wildman–Crippen LogP) is 4.96. The summed E-state index contributed by atoms with van der Waals surface area (Å²) in [5.74, 6) is 1.22. The molecular formula is C35H37Cl2N3O7. The average molecular weight is 683 g/mol. The molecule has 0 saturated carbocycles. The zero-order valence-corrected chi connectivity index (χ0v) is 27.6. The van der Waals surface area contributed by atoms with E-state index >= 15 is 0 Å². The van der Waals surface area contributed by atoms with E-state index in [2.05, 4.69) is 16.4 Å². The van der Waals surface area contributed by atoms with Gasteiger partial charge in [-0.15, -0.1) is 0 Å². The maximum Gasteiger partial charge on any atom is 0.142 e. The molecule has 0 aliphatic carbocycles. The molecule has 0 saturated heterocycles. The second-order valence-corrected chi connectivity index (χ2v) is 12.0. The van der Waals surface area contributed by atoms with Crippen LogP contribution in [0.2, 0.25) is 10.0 Å².